The first kappa shape index (κ1) is 12.5. The summed E-state index contributed by atoms with van der Waals surface area (Å²) in [5.41, 5.74) is -0.156. The lowest BCUT2D eigenvalue weighted by Gasteiger charge is -2.42. The highest BCUT2D eigenvalue weighted by molar-refractivity contribution is 6.09. The van der Waals surface area contributed by atoms with E-state index in [1.165, 1.54) is 6.26 Å². The summed E-state index contributed by atoms with van der Waals surface area (Å²) in [6.45, 7) is 0. The Bertz CT molecular complexity index is 532. The van der Waals surface area contributed by atoms with E-state index in [1.807, 2.05) is 0 Å². The maximum Gasteiger partial charge on any atom is 0.454 e. The maximum atomic E-state index is 12.8. The first-order valence-electron chi connectivity index (χ1n) is 6.33. The molecule has 1 aromatic rings. The zero-order valence-corrected chi connectivity index (χ0v) is 10.2. The van der Waals surface area contributed by atoms with Crippen LogP contribution < -0.4 is 0 Å². The molecule has 0 N–H and O–H groups in total. The standard InChI is InChI=1S/C14H13F3O2/c15-14(16,17)12(18)11-9(10-4-3-7-19-10)8-13(11)5-1-2-6-13/h3-4,7H,1-2,5-6,8H2. The van der Waals surface area contributed by atoms with Gasteiger partial charge in [-0.15, -0.1) is 0 Å². The molecule has 0 unspecified atom stereocenters. The van der Waals surface area contributed by atoms with Crippen LogP contribution >= 0.6 is 0 Å². The van der Waals surface area contributed by atoms with Gasteiger partial charge in [-0.1, -0.05) is 12.8 Å². The molecule has 2 aliphatic rings. The van der Waals surface area contributed by atoms with Gasteiger partial charge in [-0.05, 0) is 31.4 Å². The van der Waals surface area contributed by atoms with Gasteiger partial charge in [0.15, 0.2) is 0 Å². The van der Waals surface area contributed by atoms with E-state index in [0.29, 0.717) is 30.6 Å². The first-order valence-corrected chi connectivity index (χ1v) is 6.33. The zero-order chi connectivity index (χ0) is 13.7. The van der Waals surface area contributed by atoms with Crippen molar-refractivity contribution in [1.29, 1.82) is 0 Å². The van der Waals surface area contributed by atoms with Crippen LogP contribution in [0.2, 0.25) is 0 Å². The topological polar surface area (TPSA) is 30.2 Å². The monoisotopic (exact) mass is 270 g/mol. The molecular weight excluding hydrogens is 257 g/mol. The molecule has 5 heteroatoms. The van der Waals surface area contributed by atoms with E-state index in [1.54, 1.807) is 12.1 Å². The van der Waals surface area contributed by atoms with Crippen LogP contribution in [0.4, 0.5) is 13.2 Å². The zero-order valence-electron chi connectivity index (χ0n) is 10.2. The van der Waals surface area contributed by atoms with Crippen LogP contribution in [0.1, 0.15) is 37.9 Å². The number of Topliss-reactive ketones (excluding diaryl/α,β-unsaturated/α-hetero) is 1. The van der Waals surface area contributed by atoms with Crippen molar-refractivity contribution in [2.75, 3.05) is 0 Å². The Kier molecular flexibility index (Phi) is 2.62. The Morgan fingerprint density at radius 3 is 2.47 bits per heavy atom. The number of carbonyl (C=O) groups excluding carboxylic acids is 1. The molecule has 1 saturated carbocycles. The van der Waals surface area contributed by atoms with Gasteiger partial charge in [0.25, 0.3) is 5.78 Å². The molecule has 0 saturated heterocycles. The summed E-state index contributed by atoms with van der Waals surface area (Å²) >= 11 is 0. The van der Waals surface area contributed by atoms with Crippen LogP contribution in [0.25, 0.3) is 5.57 Å². The average Bonchev–Trinajstić information content (AvgIpc) is 2.97. The molecule has 2 nitrogen and oxygen atoms in total. The van der Waals surface area contributed by atoms with Gasteiger partial charge in [0.05, 0.1) is 6.26 Å². The van der Waals surface area contributed by atoms with Crippen LogP contribution in [-0.2, 0) is 4.79 Å². The number of alkyl halides is 3. The van der Waals surface area contributed by atoms with Gasteiger partial charge < -0.3 is 4.42 Å². The third-order valence-corrected chi connectivity index (χ3v) is 4.21. The molecule has 0 aliphatic heterocycles. The molecule has 0 aromatic carbocycles. The minimum absolute atomic E-state index is 0.0487. The second-order valence-electron chi connectivity index (χ2n) is 5.32. The lowest BCUT2D eigenvalue weighted by Crippen LogP contribution is -2.40. The lowest BCUT2D eigenvalue weighted by molar-refractivity contribution is -0.168. The molecule has 19 heavy (non-hydrogen) atoms. The van der Waals surface area contributed by atoms with E-state index in [0.717, 1.165) is 12.8 Å². The average molecular weight is 270 g/mol. The number of allylic oxidation sites excluding steroid dienone is 2. The van der Waals surface area contributed by atoms with Gasteiger partial charge in [-0.25, -0.2) is 0 Å². The highest BCUT2D eigenvalue weighted by Crippen LogP contribution is 2.60. The van der Waals surface area contributed by atoms with Crippen molar-refractivity contribution >= 4 is 11.4 Å². The molecular formula is C14H13F3O2. The summed E-state index contributed by atoms with van der Waals surface area (Å²) in [6.07, 6.45) is 0.265. The largest absolute Gasteiger partial charge is 0.465 e. The van der Waals surface area contributed by atoms with Crippen molar-refractivity contribution in [3.63, 3.8) is 0 Å². The van der Waals surface area contributed by atoms with Gasteiger partial charge >= 0.3 is 6.18 Å². The summed E-state index contributed by atoms with van der Waals surface area (Å²) in [5.74, 6) is -1.29. The van der Waals surface area contributed by atoms with Crippen molar-refractivity contribution in [3.8, 4) is 0 Å². The molecule has 1 aromatic heterocycles. The van der Waals surface area contributed by atoms with E-state index in [2.05, 4.69) is 0 Å². The summed E-state index contributed by atoms with van der Waals surface area (Å²) in [5, 5.41) is 0. The molecule has 0 radical (unpaired) electrons. The quantitative estimate of drug-likeness (QED) is 0.808. The number of hydrogen-bond donors (Lipinski definition) is 0. The van der Waals surface area contributed by atoms with Crippen molar-refractivity contribution in [2.24, 2.45) is 5.41 Å². The van der Waals surface area contributed by atoms with E-state index < -0.39 is 17.4 Å². The van der Waals surface area contributed by atoms with Crippen molar-refractivity contribution in [3.05, 3.63) is 29.7 Å². The molecule has 3 rings (SSSR count). The van der Waals surface area contributed by atoms with Crippen LogP contribution in [0, 0.1) is 5.41 Å². The van der Waals surface area contributed by atoms with Crippen LogP contribution in [-0.4, -0.2) is 12.0 Å². The molecule has 2 aliphatic carbocycles. The molecule has 0 atom stereocenters. The second-order valence-corrected chi connectivity index (χ2v) is 5.32. The van der Waals surface area contributed by atoms with E-state index in [9.17, 15) is 18.0 Å². The molecule has 1 heterocycles. The van der Waals surface area contributed by atoms with Crippen molar-refractivity contribution in [1.82, 2.24) is 0 Å². The van der Waals surface area contributed by atoms with Crippen LogP contribution in [0.15, 0.2) is 28.4 Å². The number of hydrogen-bond acceptors (Lipinski definition) is 2. The number of rotatable bonds is 2. The van der Waals surface area contributed by atoms with Crippen molar-refractivity contribution < 1.29 is 22.4 Å². The predicted molar refractivity (Wildman–Crippen MR) is 62.2 cm³/mol. The van der Waals surface area contributed by atoms with Gasteiger partial charge in [-0.2, -0.15) is 13.2 Å². The Morgan fingerprint density at radius 2 is 1.95 bits per heavy atom. The fourth-order valence-corrected chi connectivity index (χ4v) is 3.39. The fourth-order valence-electron chi connectivity index (χ4n) is 3.39. The molecule has 0 amide bonds. The predicted octanol–water partition coefficient (Wildman–Crippen LogP) is 4.13. The summed E-state index contributed by atoms with van der Waals surface area (Å²) in [6, 6.07) is 3.23. The van der Waals surface area contributed by atoms with E-state index >= 15 is 0 Å². The molecule has 102 valence electrons. The van der Waals surface area contributed by atoms with E-state index in [-0.39, 0.29) is 5.57 Å². The maximum absolute atomic E-state index is 12.8. The highest BCUT2D eigenvalue weighted by Gasteiger charge is 2.56. The van der Waals surface area contributed by atoms with Gasteiger partial charge in [0.2, 0.25) is 0 Å². The van der Waals surface area contributed by atoms with E-state index in [4.69, 9.17) is 4.42 Å². The molecule has 1 spiro atoms. The Morgan fingerprint density at radius 1 is 1.26 bits per heavy atom. The second kappa shape index (κ2) is 3.99. The first-order chi connectivity index (χ1) is 8.94. The summed E-state index contributed by atoms with van der Waals surface area (Å²) in [4.78, 5) is 11.7. The van der Waals surface area contributed by atoms with Crippen molar-refractivity contribution in [2.45, 2.75) is 38.3 Å². The van der Waals surface area contributed by atoms with Gasteiger partial charge in [0, 0.05) is 16.6 Å². The Labute approximate surface area is 108 Å². The summed E-state index contributed by atoms with van der Waals surface area (Å²) < 4.78 is 43.4. The number of ketones is 1. The third kappa shape index (κ3) is 1.83. The number of carbonyl (C=O) groups is 1. The molecule has 1 fully saturated rings. The minimum atomic E-state index is -4.80. The SMILES string of the molecule is O=C(C1=C(c2ccco2)CC12CCCC2)C(F)(F)F. The minimum Gasteiger partial charge on any atom is -0.465 e. The number of halogens is 3. The van der Waals surface area contributed by atoms with Gasteiger partial charge in [0.1, 0.15) is 5.76 Å². The molecule has 0 bridgehead atoms. The van der Waals surface area contributed by atoms with Gasteiger partial charge in [-0.3, -0.25) is 4.79 Å². The lowest BCUT2D eigenvalue weighted by atomic mass is 9.60. The van der Waals surface area contributed by atoms with Crippen LogP contribution in [0.5, 0.6) is 0 Å². The normalized spacial score (nSPS) is 21.8. The number of furan rings is 1. The fraction of sp³-hybridized carbons (Fsp3) is 0.500. The Hall–Kier alpha value is -1.52. The Balaban J connectivity index is 2.06. The summed E-state index contributed by atoms with van der Waals surface area (Å²) in [7, 11) is 0. The van der Waals surface area contributed by atoms with Crippen LogP contribution in [0.3, 0.4) is 0 Å². The smallest absolute Gasteiger partial charge is 0.454 e. The third-order valence-electron chi connectivity index (χ3n) is 4.21. The highest BCUT2D eigenvalue weighted by atomic mass is 19.4.